The SMILES string of the molecule is CCOC(C)C(C)(COC(=O)CC)C(C)C. The van der Waals surface area contributed by atoms with E-state index in [9.17, 15) is 4.79 Å². The molecule has 0 aliphatic heterocycles. The van der Waals surface area contributed by atoms with Gasteiger partial charge in [-0.05, 0) is 19.8 Å². The standard InChI is InChI=1S/C13H26O3/c1-7-12(14)16-9-13(6,10(3)4)11(5)15-8-2/h10-11H,7-9H2,1-6H3. The van der Waals surface area contributed by atoms with Crippen LogP contribution in [0.5, 0.6) is 0 Å². The Bertz CT molecular complexity index is 213. The summed E-state index contributed by atoms with van der Waals surface area (Å²) in [6.45, 7) is 13.3. The largest absolute Gasteiger partial charge is 0.465 e. The molecule has 0 rings (SSSR count). The quantitative estimate of drug-likeness (QED) is 0.631. The van der Waals surface area contributed by atoms with Gasteiger partial charge in [0.25, 0.3) is 0 Å². The van der Waals surface area contributed by atoms with E-state index in [1.54, 1.807) is 6.92 Å². The number of carbonyl (C=O) groups excluding carboxylic acids is 1. The molecule has 0 aromatic carbocycles. The molecule has 0 fully saturated rings. The third-order valence-electron chi connectivity index (χ3n) is 3.50. The van der Waals surface area contributed by atoms with Crippen molar-refractivity contribution in [3.63, 3.8) is 0 Å². The Morgan fingerprint density at radius 3 is 2.19 bits per heavy atom. The summed E-state index contributed by atoms with van der Waals surface area (Å²) in [7, 11) is 0. The zero-order valence-corrected chi connectivity index (χ0v) is 11.5. The van der Waals surface area contributed by atoms with Crippen LogP contribution in [-0.2, 0) is 14.3 Å². The summed E-state index contributed by atoms with van der Waals surface area (Å²) < 4.78 is 10.9. The zero-order valence-electron chi connectivity index (χ0n) is 11.5. The number of hydrogen-bond acceptors (Lipinski definition) is 3. The molecule has 0 aromatic heterocycles. The molecule has 0 aliphatic carbocycles. The van der Waals surface area contributed by atoms with Crippen molar-refractivity contribution in [3.05, 3.63) is 0 Å². The predicted molar refractivity (Wildman–Crippen MR) is 65.3 cm³/mol. The van der Waals surface area contributed by atoms with Crippen LogP contribution in [0.2, 0.25) is 0 Å². The minimum Gasteiger partial charge on any atom is -0.465 e. The van der Waals surface area contributed by atoms with Crippen LogP contribution in [-0.4, -0.2) is 25.3 Å². The van der Waals surface area contributed by atoms with Gasteiger partial charge in [0.1, 0.15) is 0 Å². The van der Waals surface area contributed by atoms with Crippen molar-refractivity contribution in [2.45, 2.75) is 54.1 Å². The Balaban J connectivity index is 4.50. The summed E-state index contributed by atoms with van der Waals surface area (Å²) in [4.78, 5) is 11.2. The highest BCUT2D eigenvalue weighted by molar-refractivity contribution is 5.68. The maximum absolute atomic E-state index is 11.2. The molecule has 2 atom stereocenters. The minimum absolute atomic E-state index is 0.0853. The Hall–Kier alpha value is -0.570. The molecule has 0 bridgehead atoms. The molecular weight excluding hydrogens is 204 g/mol. The van der Waals surface area contributed by atoms with E-state index >= 15 is 0 Å². The summed E-state index contributed by atoms with van der Waals surface area (Å²) in [5.41, 5.74) is -0.124. The molecule has 3 heteroatoms. The molecule has 0 amide bonds. The van der Waals surface area contributed by atoms with Crippen molar-refractivity contribution in [2.75, 3.05) is 13.2 Å². The highest BCUT2D eigenvalue weighted by Crippen LogP contribution is 2.33. The van der Waals surface area contributed by atoms with E-state index in [4.69, 9.17) is 9.47 Å². The maximum Gasteiger partial charge on any atom is 0.305 e. The summed E-state index contributed by atoms with van der Waals surface area (Å²) in [6.07, 6.45) is 0.513. The molecule has 3 nitrogen and oxygen atoms in total. The van der Waals surface area contributed by atoms with Crippen molar-refractivity contribution in [3.8, 4) is 0 Å². The van der Waals surface area contributed by atoms with Crippen molar-refractivity contribution >= 4 is 5.97 Å². The Kier molecular flexibility index (Phi) is 6.65. The van der Waals surface area contributed by atoms with Gasteiger partial charge < -0.3 is 9.47 Å². The summed E-state index contributed by atoms with van der Waals surface area (Å²) in [5.74, 6) is 0.259. The van der Waals surface area contributed by atoms with Crippen LogP contribution in [0.25, 0.3) is 0 Å². The van der Waals surface area contributed by atoms with E-state index in [2.05, 4.69) is 20.8 Å². The van der Waals surface area contributed by atoms with Crippen molar-refractivity contribution in [1.82, 2.24) is 0 Å². The first-order valence-corrected chi connectivity index (χ1v) is 6.15. The van der Waals surface area contributed by atoms with Crippen LogP contribution in [0.3, 0.4) is 0 Å². The van der Waals surface area contributed by atoms with Gasteiger partial charge in [-0.15, -0.1) is 0 Å². The van der Waals surface area contributed by atoms with Crippen LogP contribution in [0.4, 0.5) is 0 Å². The first-order chi connectivity index (χ1) is 7.38. The van der Waals surface area contributed by atoms with Crippen LogP contribution in [0.1, 0.15) is 48.0 Å². The Morgan fingerprint density at radius 2 is 1.81 bits per heavy atom. The fourth-order valence-corrected chi connectivity index (χ4v) is 1.53. The molecule has 96 valence electrons. The number of ether oxygens (including phenoxy) is 2. The fourth-order valence-electron chi connectivity index (χ4n) is 1.53. The molecule has 0 saturated carbocycles. The Labute approximate surface area is 99.5 Å². The fraction of sp³-hybridized carbons (Fsp3) is 0.923. The average molecular weight is 230 g/mol. The van der Waals surface area contributed by atoms with E-state index in [0.29, 0.717) is 25.6 Å². The molecule has 0 radical (unpaired) electrons. The van der Waals surface area contributed by atoms with Gasteiger partial charge >= 0.3 is 5.97 Å². The van der Waals surface area contributed by atoms with Gasteiger partial charge in [-0.25, -0.2) is 0 Å². The van der Waals surface area contributed by atoms with Gasteiger partial charge in [-0.2, -0.15) is 0 Å². The number of rotatable bonds is 7. The van der Waals surface area contributed by atoms with E-state index in [1.165, 1.54) is 0 Å². The van der Waals surface area contributed by atoms with Gasteiger partial charge in [0, 0.05) is 18.4 Å². The third-order valence-corrected chi connectivity index (χ3v) is 3.50. The second kappa shape index (κ2) is 6.89. The number of hydrogen-bond donors (Lipinski definition) is 0. The molecule has 16 heavy (non-hydrogen) atoms. The molecule has 0 spiro atoms. The lowest BCUT2D eigenvalue weighted by Crippen LogP contribution is -2.41. The number of carbonyl (C=O) groups is 1. The third kappa shape index (κ3) is 4.12. The smallest absolute Gasteiger partial charge is 0.305 e. The van der Waals surface area contributed by atoms with Crippen molar-refractivity contribution < 1.29 is 14.3 Å². The van der Waals surface area contributed by atoms with Crippen molar-refractivity contribution in [1.29, 1.82) is 0 Å². The average Bonchev–Trinajstić information content (AvgIpc) is 2.25. The van der Waals surface area contributed by atoms with Crippen LogP contribution in [0, 0.1) is 11.3 Å². The Morgan fingerprint density at radius 1 is 1.25 bits per heavy atom. The lowest BCUT2D eigenvalue weighted by Gasteiger charge is -2.38. The second-order valence-electron chi connectivity index (χ2n) is 4.77. The van der Waals surface area contributed by atoms with E-state index < -0.39 is 0 Å². The molecule has 0 heterocycles. The maximum atomic E-state index is 11.2. The van der Waals surface area contributed by atoms with Crippen LogP contribution < -0.4 is 0 Å². The molecule has 2 unspecified atom stereocenters. The van der Waals surface area contributed by atoms with Crippen LogP contribution >= 0.6 is 0 Å². The molecule has 0 aromatic rings. The van der Waals surface area contributed by atoms with Gasteiger partial charge in [0.2, 0.25) is 0 Å². The summed E-state index contributed by atoms with van der Waals surface area (Å²) in [6, 6.07) is 0. The first kappa shape index (κ1) is 15.4. The predicted octanol–water partition coefficient (Wildman–Crippen LogP) is 3.03. The first-order valence-electron chi connectivity index (χ1n) is 6.15. The van der Waals surface area contributed by atoms with Crippen LogP contribution in [0.15, 0.2) is 0 Å². The van der Waals surface area contributed by atoms with Gasteiger partial charge in [0.15, 0.2) is 0 Å². The minimum atomic E-state index is -0.143. The molecule has 0 saturated heterocycles. The van der Waals surface area contributed by atoms with Gasteiger partial charge in [-0.3, -0.25) is 4.79 Å². The summed E-state index contributed by atoms with van der Waals surface area (Å²) >= 11 is 0. The number of esters is 1. The van der Waals surface area contributed by atoms with E-state index in [-0.39, 0.29) is 17.5 Å². The summed E-state index contributed by atoms with van der Waals surface area (Å²) in [5, 5.41) is 0. The van der Waals surface area contributed by atoms with Crippen molar-refractivity contribution in [2.24, 2.45) is 11.3 Å². The topological polar surface area (TPSA) is 35.5 Å². The second-order valence-corrected chi connectivity index (χ2v) is 4.77. The normalized spacial score (nSPS) is 16.9. The monoisotopic (exact) mass is 230 g/mol. The highest BCUT2D eigenvalue weighted by Gasteiger charge is 2.36. The zero-order chi connectivity index (χ0) is 12.8. The highest BCUT2D eigenvalue weighted by atomic mass is 16.5. The molecule has 0 N–H and O–H groups in total. The van der Waals surface area contributed by atoms with Gasteiger partial charge in [0.05, 0.1) is 12.7 Å². The van der Waals surface area contributed by atoms with E-state index in [0.717, 1.165) is 0 Å². The molecular formula is C13H26O3. The lowest BCUT2D eigenvalue weighted by molar-refractivity contribution is -0.153. The van der Waals surface area contributed by atoms with E-state index in [1.807, 2.05) is 13.8 Å². The van der Waals surface area contributed by atoms with Gasteiger partial charge in [-0.1, -0.05) is 27.7 Å². The lowest BCUT2D eigenvalue weighted by atomic mass is 9.75. The molecule has 0 aliphatic rings.